The highest BCUT2D eigenvalue weighted by molar-refractivity contribution is 6.30. The molecule has 1 atom stereocenters. The summed E-state index contributed by atoms with van der Waals surface area (Å²) in [5.74, 6) is 0.526. The van der Waals surface area contributed by atoms with Crippen LogP contribution in [0.25, 0.3) is 0 Å². The van der Waals surface area contributed by atoms with Crippen LogP contribution < -0.4 is 0 Å². The molecule has 1 aliphatic carbocycles. The molecule has 1 unspecified atom stereocenters. The normalized spacial score (nSPS) is 21.4. The Balaban J connectivity index is 1.74. The third kappa shape index (κ3) is 2.67. The lowest BCUT2D eigenvalue weighted by atomic mass is 9.97. The summed E-state index contributed by atoms with van der Waals surface area (Å²) in [6.07, 6.45) is 6.55. The summed E-state index contributed by atoms with van der Waals surface area (Å²) < 4.78 is 2.25. The van der Waals surface area contributed by atoms with Gasteiger partial charge in [-0.1, -0.05) is 36.6 Å². The van der Waals surface area contributed by atoms with E-state index < -0.39 is 0 Å². The Morgan fingerprint density at radius 2 is 1.91 bits per heavy atom. The van der Waals surface area contributed by atoms with Crippen LogP contribution in [0.1, 0.15) is 43.0 Å². The van der Waals surface area contributed by atoms with E-state index in [-0.39, 0.29) is 12.0 Å². The van der Waals surface area contributed by atoms with Crippen molar-refractivity contribution in [2.75, 3.05) is 6.54 Å². The maximum Gasteiger partial charge on any atom is 0.226 e. The van der Waals surface area contributed by atoms with Gasteiger partial charge in [0.2, 0.25) is 5.91 Å². The number of aromatic nitrogens is 1. The van der Waals surface area contributed by atoms with Crippen LogP contribution in [0.15, 0.2) is 42.6 Å². The summed E-state index contributed by atoms with van der Waals surface area (Å²) in [4.78, 5) is 15.2. The van der Waals surface area contributed by atoms with Gasteiger partial charge in [0.15, 0.2) is 0 Å². The number of halogens is 1. The number of amides is 1. The van der Waals surface area contributed by atoms with Gasteiger partial charge in [-0.05, 0) is 42.7 Å². The van der Waals surface area contributed by atoms with Crippen molar-refractivity contribution in [2.24, 2.45) is 5.92 Å². The molecule has 1 amide bonds. The van der Waals surface area contributed by atoms with Crippen LogP contribution in [0.5, 0.6) is 0 Å². The molecule has 4 heteroatoms. The standard InChI is InChI=1S/C19H21ClN2O/c20-16-8-3-7-15(13-16)18-17-9-4-10-21(17)11-12-22(18)19(23)14-5-1-2-6-14/h3-4,7-10,13-14,18H,1-2,5-6,11-12H2. The number of hydrogen-bond donors (Lipinski definition) is 0. The third-order valence-corrected chi connectivity index (χ3v) is 5.43. The van der Waals surface area contributed by atoms with Crippen LogP contribution in [-0.2, 0) is 11.3 Å². The first kappa shape index (κ1) is 14.8. The lowest BCUT2D eigenvalue weighted by Crippen LogP contribution is -2.44. The minimum Gasteiger partial charge on any atom is -0.348 e. The number of benzene rings is 1. The van der Waals surface area contributed by atoms with Crippen molar-refractivity contribution >= 4 is 17.5 Å². The van der Waals surface area contributed by atoms with Gasteiger partial charge in [0.05, 0.1) is 6.04 Å². The Kier molecular flexibility index (Phi) is 3.90. The van der Waals surface area contributed by atoms with Gasteiger partial charge in [0.1, 0.15) is 0 Å². The number of carbonyl (C=O) groups is 1. The molecule has 4 rings (SSSR count). The molecule has 120 valence electrons. The van der Waals surface area contributed by atoms with Gasteiger partial charge in [0.25, 0.3) is 0 Å². The van der Waals surface area contributed by atoms with Crippen molar-refractivity contribution in [1.29, 1.82) is 0 Å². The summed E-state index contributed by atoms with van der Waals surface area (Å²) in [5.41, 5.74) is 2.29. The van der Waals surface area contributed by atoms with Gasteiger partial charge in [-0.15, -0.1) is 0 Å². The molecule has 2 aromatic rings. The quantitative estimate of drug-likeness (QED) is 0.808. The minimum absolute atomic E-state index is 0.0226. The fraction of sp³-hybridized carbons (Fsp3) is 0.421. The van der Waals surface area contributed by atoms with Gasteiger partial charge in [-0.25, -0.2) is 0 Å². The highest BCUT2D eigenvalue weighted by Crippen LogP contribution is 2.36. The van der Waals surface area contributed by atoms with E-state index in [0.717, 1.165) is 36.5 Å². The zero-order valence-corrected chi connectivity index (χ0v) is 13.9. The van der Waals surface area contributed by atoms with Gasteiger partial charge >= 0.3 is 0 Å². The molecular formula is C19H21ClN2O. The second-order valence-electron chi connectivity index (χ2n) is 6.60. The van der Waals surface area contributed by atoms with Crippen LogP contribution >= 0.6 is 11.6 Å². The van der Waals surface area contributed by atoms with Crippen molar-refractivity contribution in [3.63, 3.8) is 0 Å². The van der Waals surface area contributed by atoms with Gasteiger partial charge in [-0.3, -0.25) is 4.79 Å². The van der Waals surface area contributed by atoms with Crippen molar-refractivity contribution < 1.29 is 4.79 Å². The van der Waals surface area contributed by atoms with E-state index in [4.69, 9.17) is 11.6 Å². The van der Waals surface area contributed by atoms with Crippen LogP contribution in [0, 0.1) is 5.92 Å². The molecule has 1 aliphatic heterocycles. The summed E-state index contributed by atoms with van der Waals surface area (Å²) in [6.45, 7) is 1.64. The van der Waals surface area contributed by atoms with E-state index >= 15 is 0 Å². The highest BCUT2D eigenvalue weighted by Gasteiger charge is 2.36. The second-order valence-corrected chi connectivity index (χ2v) is 7.03. The predicted octanol–water partition coefficient (Wildman–Crippen LogP) is 4.26. The Bertz CT molecular complexity index is 718. The van der Waals surface area contributed by atoms with Crippen LogP contribution in [0.3, 0.4) is 0 Å². The fourth-order valence-corrected chi connectivity index (χ4v) is 4.25. The zero-order chi connectivity index (χ0) is 15.8. The predicted molar refractivity (Wildman–Crippen MR) is 91.4 cm³/mol. The van der Waals surface area contributed by atoms with Gasteiger partial charge < -0.3 is 9.47 Å². The summed E-state index contributed by atoms with van der Waals surface area (Å²) in [7, 11) is 0. The molecule has 0 radical (unpaired) electrons. The first-order valence-electron chi connectivity index (χ1n) is 8.45. The lowest BCUT2D eigenvalue weighted by molar-refractivity contribution is -0.138. The molecule has 2 aliphatic rings. The Morgan fingerprint density at radius 1 is 1.09 bits per heavy atom. The molecule has 0 saturated heterocycles. The van der Waals surface area contributed by atoms with Crippen LogP contribution in [0.4, 0.5) is 0 Å². The summed E-state index contributed by atoms with van der Waals surface area (Å²) >= 11 is 6.21. The molecule has 1 aromatic carbocycles. The molecule has 1 fully saturated rings. The lowest BCUT2D eigenvalue weighted by Gasteiger charge is -2.38. The summed E-state index contributed by atoms with van der Waals surface area (Å²) in [6, 6.07) is 12.1. The molecule has 3 nitrogen and oxygen atoms in total. The van der Waals surface area contributed by atoms with E-state index in [9.17, 15) is 4.79 Å². The van der Waals surface area contributed by atoms with Crippen molar-refractivity contribution in [2.45, 2.75) is 38.3 Å². The molecule has 0 N–H and O–H groups in total. The molecule has 23 heavy (non-hydrogen) atoms. The molecular weight excluding hydrogens is 308 g/mol. The fourth-order valence-electron chi connectivity index (χ4n) is 4.06. The van der Waals surface area contributed by atoms with E-state index in [0.29, 0.717) is 5.91 Å². The minimum atomic E-state index is -0.0226. The topological polar surface area (TPSA) is 25.2 Å². The molecule has 2 heterocycles. The second kappa shape index (κ2) is 6.04. The maximum atomic E-state index is 13.1. The first-order chi connectivity index (χ1) is 11.2. The Morgan fingerprint density at radius 3 is 2.70 bits per heavy atom. The SMILES string of the molecule is O=C(C1CCCC1)N1CCn2cccc2C1c1cccc(Cl)c1. The van der Waals surface area contributed by atoms with Crippen LogP contribution in [-0.4, -0.2) is 21.9 Å². The molecule has 1 aromatic heterocycles. The van der Waals surface area contributed by atoms with Crippen molar-refractivity contribution in [3.05, 3.63) is 58.9 Å². The monoisotopic (exact) mass is 328 g/mol. The molecule has 1 saturated carbocycles. The highest BCUT2D eigenvalue weighted by atomic mass is 35.5. The number of carbonyl (C=O) groups excluding carboxylic acids is 1. The molecule has 0 bridgehead atoms. The van der Waals surface area contributed by atoms with E-state index in [1.165, 1.54) is 18.5 Å². The first-order valence-corrected chi connectivity index (χ1v) is 8.83. The third-order valence-electron chi connectivity index (χ3n) is 5.19. The largest absolute Gasteiger partial charge is 0.348 e. The zero-order valence-electron chi connectivity index (χ0n) is 13.1. The van der Waals surface area contributed by atoms with Crippen LogP contribution in [0.2, 0.25) is 5.02 Å². The van der Waals surface area contributed by atoms with Gasteiger partial charge in [0, 0.05) is 35.9 Å². The van der Waals surface area contributed by atoms with E-state index in [1.54, 1.807) is 0 Å². The maximum absolute atomic E-state index is 13.1. The number of fused-ring (bicyclic) bond motifs is 1. The van der Waals surface area contributed by atoms with Crippen molar-refractivity contribution in [1.82, 2.24) is 9.47 Å². The van der Waals surface area contributed by atoms with E-state index in [2.05, 4.69) is 33.9 Å². The average molecular weight is 329 g/mol. The Labute approximate surface area is 141 Å². The van der Waals surface area contributed by atoms with E-state index in [1.807, 2.05) is 18.2 Å². The number of rotatable bonds is 2. The number of nitrogens with zero attached hydrogens (tertiary/aromatic N) is 2. The average Bonchev–Trinajstić information content (AvgIpc) is 3.24. The summed E-state index contributed by atoms with van der Waals surface area (Å²) in [5, 5.41) is 0.722. The smallest absolute Gasteiger partial charge is 0.226 e. The van der Waals surface area contributed by atoms with Gasteiger partial charge in [-0.2, -0.15) is 0 Å². The molecule has 0 spiro atoms. The Hall–Kier alpha value is -1.74. The number of hydrogen-bond acceptors (Lipinski definition) is 1. The van der Waals surface area contributed by atoms with Crippen molar-refractivity contribution in [3.8, 4) is 0 Å².